The third-order valence-corrected chi connectivity index (χ3v) is 3.12. The number of imidazole rings is 1. The van der Waals surface area contributed by atoms with Gasteiger partial charge in [0.25, 0.3) is 5.56 Å². The number of nitrogens with one attached hydrogen (secondary N) is 3. The van der Waals surface area contributed by atoms with Gasteiger partial charge in [0.2, 0.25) is 0 Å². The first kappa shape index (κ1) is 13.9. The number of aromatic amines is 2. The first-order chi connectivity index (χ1) is 10.6. The standard InChI is InChI=1S/C14H15N5O3/c1-19-7-12(16-8-19)15-5-4-13(20)22-9-2-3-10-11(6-9)17-18-14(10)21/h2-3,6-8,15H,4-5H2,1H3,(H2,17,18,21). The van der Waals surface area contributed by atoms with Gasteiger partial charge in [-0.05, 0) is 12.1 Å². The number of carbonyl (C=O) groups excluding carboxylic acids is 1. The maximum absolute atomic E-state index is 11.8. The first-order valence-electron chi connectivity index (χ1n) is 6.75. The average molecular weight is 301 g/mol. The van der Waals surface area contributed by atoms with Crippen LogP contribution in [-0.2, 0) is 11.8 Å². The maximum Gasteiger partial charge on any atom is 0.312 e. The molecule has 0 saturated heterocycles. The van der Waals surface area contributed by atoms with Crippen LogP contribution in [0.4, 0.5) is 5.82 Å². The largest absolute Gasteiger partial charge is 0.426 e. The second kappa shape index (κ2) is 5.76. The zero-order valence-electron chi connectivity index (χ0n) is 11.9. The highest BCUT2D eigenvalue weighted by Gasteiger charge is 2.07. The van der Waals surface area contributed by atoms with Crippen molar-refractivity contribution in [1.29, 1.82) is 0 Å². The lowest BCUT2D eigenvalue weighted by atomic mass is 10.2. The number of ether oxygens (including phenoxy) is 1. The lowest BCUT2D eigenvalue weighted by Gasteiger charge is -2.05. The molecule has 0 atom stereocenters. The van der Waals surface area contributed by atoms with Crippen molar-refractivity contribution < 1.29 is 9.53 Å². The van der Waals surface area contributed by atoms with E-state index < -0.39 is 0 Å². The van der Waals surface area contributed by atoms with Crippen LogP contribution in [0.2, 0.25) is 0 Å². The molecule has 0 radical (unpaired) electrons. The predicted molar refractivity (Wildman–Crippen MR) is 80.9 cm³/mol. The van der Waals surface area contributed by atoms with Crippen LogP contribution in [0, 0.1) is 0 Å². The Balaban J connectivity index is 1.55. The molecule has 0 fully saturated rings. The van der Waals surface area contributed by atoms with Crippen molar-refractivity contribution in [3.8, 4) is 5.75 Å². The number of benzene rings is 1. The summed E-state index contributed by atoms with van der Waals surface area (Å²) < 4.78 is 7.05. The zero-order chi connectivity index (χ0) is 15.5. The molecule has 0 spiro atoms. The van der Waals surface area contributed by atoms with Crippen molar-refractivity contribution in [1.82, 2.24) is 19.7 Å². The topological polar surface area (TPSA) is 105 Å². The van der Waals surface area contributed by atoms with Gasteiger partial charge in [-0.1, -0.05) is 0 Å². The number of carbonyl (C=O) groups is 1. The lowest BCUT2D eigenvalue weighted by Crippen LogP contribution is -2.14. The summed E-state index contributed by atoms with van der Waals surface area (Å²) in [5.74, 6) is 0.743. The summed E-state index contributed by atoms with van der Waals surface area (Å²) in [4.78, 5) is 27.3. The molecule has 0 saturated carbocycles. The van der Waals surface area contributed by atoms with Gasteiger partial charge >= 0.3 is 5.97 Å². The number of anilines is 1. The fourth-order valence-electron chi connectivity index (χ4n) is 2.06. The summed E-state index contributed by atoms with van der Waals surface area (Å²) in [5.41, 5.74) is 0.398. The van der Waals surface area contributed by atoms with Gasteiger partial charge in [0.15, 0.2) is 0 Å². The van der Waals surface area contributed by atoms with Crippen molar-refractivity contribution in [2.24, 2.45) is 7.05 Å². The molecule has 3 N–H and O–H groups in total. The van der Waals surface area contributed by atoms with E-state index in [0.29, 0.717) is 29.0 Å². The minimum absolute atomic E-state index is 0.201. The first-order valence-corrected chi connectivity index (χ1v) is 6.75. The molecule has 3 aromatic rings. The summed E-state index contributed by atoms with van der Waals surface area (Å²) in [6.45, 7) is 0.430. The van der Waals surface area contributed by atoms with Crippen LogP contribution in [0.25, 0.3) is 10.9 Å². The highest BCUT2D eigenvalue weighted by Crippen LogP contribution is 2.17. The third kappa shape index (κ3) is 3.00. The van der Waals surface area contributed by atoms with Crippen LogP contribution >= 0.6 is 0 Å². The van der Waals surface area contributed by atoms with Gasteiger partial charge in [0, 0.05) is 25.9 Å². The lowest BCUT2D eigenvalue weighted by molar-refractivity contribution is -0.134. The summed E-state index contributed by atoms with van der Waals surface area (Å²) in [6.07, 6.45) is 3.70. The normalized spacial score (nSPS) is 10.8. The Kier molecular flexibility index (Phi) is 3.65. The minimum Gasteiger partial charge on any atom is -0.426 e. The number of fused-ring (bicyclic) bond motifs is 1. The zero-order valence-corrected chi connectivity index (χ0v) is 11.9. The quantitative estimate of drug-likeness (QED) is 0.481. The Morgan fingerprint density at radius 3 is 3.05 bits per heavy atom. The number of aromatic nitrogens is 4. The molecule has 3 rings (SSSR count). The molecule has 2 aromatic heterocycles. The van der Waals surface area contributed by atoms with Gasteiger partial charge < -0.3 is 14.6 Å². The van der Waals surface area contributed by atoms with Crippen molar-refractivity contribution in [3.63, 3.8) is 0 Å². The third-order valence-electron chi connectivity index (χ3n) is 3.12. The minimum atomic E-state index is -0.360. The predicted octanol–water partition coefficient (Wildman–Crippen LogP) is 0.997. The number of H-pyrrole nitrogens is 2. The number of aryl methyl sites for hydroxylation is 1. The second-order valence-corrected chi connectivity index (χ2v) is 4.86. The monoisotopic (exact) mass is 301 g/mol. The SMILES string of the molecule is Cn1cnc(NCCC(=O)Oc2ccc3c(=O)[nH][nH]c3c2)c1. The molecule has 0 aliphatic heterocycles. The Morgan fingerprint density at radius 1 is 1.41 bits per heavy atom. The Hall–Kier alpha value is -3.03. The van der Waals surface area contributed by atoms with Crippen LogP contribution in [0.3, 0.4) is 0 Å². The van der Waals surface area contributed by atoms with E-state index in [4.69, 9.17) is 4.74 Å². The summed E-state index contributed by atoms with van der Waals surface area (Å²) in [6, 6.07) is 4.81. The van der Waals surface area contributed by atoms with Gasteiger partial charge in [-0.2, -0.15) is 0 Å². The fraction of sp³-hybridized carbons (Fsp3) is 0.214. The van der Waals surface area contributed by atoms with Gasteiger partial charge in [-0.25, -0.2) is 4.98 Å². The smallest absolute Gasteiger partial charge is 0.312 e. The van der Waals surface area contributed by atoms with Crippen molar-refractivity contribution >= 4 is 22.7 Å². The maximum atomic E-state index is 11.8. The molecule has 8 nitrogen and oxygen atoms in total. The average Bonchev–Trinajstić information content (AvgIpc) is 3.05. The molecule has 2 heterocycles. The highest BCUT2D eigenvalue weighted by atomic mass is 16.5. The van der Waals surface area contributed by atoms with Gasteiger partial charge in [-0.3, -0.25) is 19.8 Å². The molecular weight excluding hydrogens is 286 g/mol. The van der Waals surface area contributed by atoms with E-state index in [2.05, 4.69) is 20.5 Å². The molecule has 22 heavy (non-hydrogen) atoms. The van der Waals surface area contributed by atoms with Crippen LogP contribution in [0.1, 0.15) is 6.42 Å². The van der Waals surface area contributed by atoms with Crippen LogP contribution in [0.15, 0.2) is 35.5 Å². The number of hydrogen-bond donors (Lipinski definition) is 3. The molecule has 0 unspecified atom stereocenters. The van der Waals surface area contributed by atoms with E-state index in [-0.39, 0.29) is 17.9 Å². The van der Waals surface area contributed by atoms with E-state index in [1.165, 1.54) is 0 Å². The van der Waals surface area contributed by atoms with E-state index in [1.807, 2.05) is 17.8 Å². The Bertz CT molecular complexity index is 861. The molecular formula is C14H15N5O3. The molecule has 0 aliphatic rings. The van der Waals surface area contributed by atoms with E-state index in [9.17, 15) is 9.59 Å². The van der Waals surface area contributed by atoms with E-state index >= 15 is 0 Å². The summed E-state index contributed by atoms with van der Waals surface area (Å²) in [7, 11) is 1.87. The molecule has 114 valence electrons. The Morgan fingerprint density at radius 2 is 2.27 bits per heavy atom. The molecule has 0 aliphatic carbocycles. The molecule has 1 aromatic carbocycles. The Labute approximate surface area is 125 Å². The van der Waals surface area contributed by atoms with Gasteiger partial charge in [-0.15, -0.1) is 0 Å². The van der Waals surface area contributed by atoms with E-state index in [0.717, 1.165) is 0 Å². The van der Waals surface area contributed by atoms with Crippen molar-refractivity contribution in [2.75, 3.05) is 11.9 Å². The van der Waals surface area contributed by atoms with Gasteiger partial charge in [0.05, 0.1) is 23.7 Å². The highest BCUT2D eigenvalue weighted by molar-refractivity contribution is 5.81. The summed E-state index contributed by atoms with van der Waals surface area (Å²) in [5, 5.41) is 8.74. The van der Waals surface area contributed by atoms with Crippen LogP contribution in [-0.4, -0.2) is 32.3 Å². The van der Waals surface area contributed by atoms with E-state index in [1.54, 1.807) is 24.5 Å². The molecule has 8 heteroatoms. The second-order valence-electron chi connectivity index (χ2n) is 4.86. The summed E-state index contributed by atoms with van der Waals surface area (Å²) >= 11 is 0. The fourth-order valence-corrected chi connectivity index (χ4v) is 2.06. The van der Waals surface area contributed by atoms with Crippen molar-refractivity contribution in [2.45, 2.75) is 6.42 Å². The number of esters is 1. The van der Waals surface area contributed by atoms with Crippen LogP contribution in [0.5, 0.6) is 5.75 Å². The van der Waals surface area contributed by atoms with Gasteiger partial charge in [0.1, 0.15) is 11.6 Å². The van der Waals surface area contributed by atoms with Crippen molar-refractivity contribution in [3.05, 3.63) is 41.1 Å². The molecule has 0 bridgehead atoms. The van der Waals surface area contributed by atoms with Crippen LogP contribution < -0.4 is 15.6 Å². The molecule has 0 amide bonds. The number of nitrogens with zero attached hydrogens (tertiary/aromatic N) is 2. The number of hydrogen-bond acceptors (Lipinski definition) is 5. The number of rotatable bonds is 5.